The number of Topliss-reactive ketones (excluding diaryl/α,β-unsaturated/α-hetero) is 1. The molecule has 3 rings (SSSR count). The number of aliphatic hydroxyl groups excluding tert-OH is 1. The van der Waals surface area contributed by atoms with E-state index in [2.05, 4.69) is 0 Å². The summed E-state index contributed by atoms with van der Waals surface area (Å²) in [6.07, 6.45) is 0. The Bertz CT molecular complexity index is 1070. The van der Waals surface area contributed by atoms with Crippen LogP contribution in [-0.2, 0) is 14.8 Å². The largest absolute Gasteiger partial charge is 0.505 e. The highest BCUT2D eigenvalue weighted by molar-refractivity contribution is 7.89. The lowest BCUT2D eigenvalue weighted by Crippen LogP contribution is -2.46. The van der Waals surface area contributed by atoms with Gasteiger partial charge in [-0.05, 0) is 26.0 Å². The molecule has 29 heavy (non-hydrogen) atoms. The Morgan fingerprint density at radius 3 is 2.21 bits per heavy atom. The van der Waals surface area contributed by atoms with Crippen molar-refractivity contribution < 1.29 is 23.1 Å². The number of carbonyl (C=O) groups is 2. The molecule has 2 aromatic carbocycles. The Morgan fingerprint density at radius 2 is 1.59 bits per heavy atom. The summed E-state index contributed by atoms with van der Waals surface area (Å²) in [7, 11) is -4.22. The van der Waals surface area contributed by atoms with Gasteiger partial charge in [-0.1, -0.05) is 42.5 Å². The normalized spacial score (nSPS) is 16.9. The molecule has 0 fully saturated rings. The minimum Gasteiger partial charge on any atom is -0.505 e. The predicted octanol–water partition coefficient (Wildman–Crippen LogP) is 2.67. The van der Waals surface area contributed by atoms with Crippen LogP contribution in [0.15, 0.2) is 65.2 Å². The summed E-state index contributed by atoms with van der Waals surface area (Å²) in [5.74, 6) is -1.59. The number of hydrogen-bond acceptors (Lipinski definition) is 5. The first kappa shape index (κ1) is 20.6. The van der Waals surface area contributed by atoms with Gasteiger partial charge in [0.15, 0.2) is 5.76 Å². The molecule has 0 atom stereocenters. The molecular weight excluding hydrogens is 392 g/mol. The van der Waals surface area contributed by atoms with E-state index in [0.717, 1.165) is 4.31 Å². The second-order valence-corrected chi connectivity index (χ2v) is 8.30. The van der Waals surface area contributed by atoms with Gasteiger partial charge < -0.3 is 10.0 Å². The van der Waals surface area contributed by atoms with Crippen LogP contribution in [0, 0.1) is 0 Å². The monoisotopic (exact) mass is 414 g/mol. The summed E-state index contributed by atoms with van der Waals surface area (Å²) in [4.78, 5) is 27.2. The van der Waals surface area contributed by atoms with Gasteiger partial charge in [-0.2, -0.15) is 0 Å². The number of aliphatic hydroxyl groups is 1. The van der Waals surface area contributed by atoms with E-state index < -0.39 is 39.7 Å². The van der Waals surface area contributed by atoms with E-state index >= 15 is 0 Å². The molecule has 0 aliphatic carbocycles. The van der Waals surface area contributed by atoms with Crippen LogP contribution in [0.1, 0.15) is 29.8 Å². The smallest absolute Gasteiger partial charge is 0.265 e. The predicted molar refractivity (Wildman–Crippen MR) is 109 cm³/mol. The number of hydrogen-bond donors (Lipinski definition) is 1. The van der Waals surface area contributed by atoms with Crippen LogP contribution in [0.4, 0.5) is 0 Å². The lowest BCUT2D eigenvalue weighted by molar-refractivity contribution is -0.130. The first-order valence-electron chi connectivity index (χ1n) is 9.25. The molecular formula is C21H22N2O5S. The van der Waals surface area contributed by atoms with E-state index in [1.807, 2.05) is 0 Å². The molecule has 0 bridgehead atoms. The first-order chi connectivity index (χ1) is 13.8. The van der Waals surface area contributed by atoms with Crippen molar-refractivity contribution in [1.82, 2.24) is 9.21 Å². The highest BCUT2D eigenvalue weighted by Crippen LogP contribution is 2.35. The number of rotatable bonds is 5. The molecule has 7 nitrogen and oxygen atoms in total. The van der Waals surface area contributed by atoms with Crippen LogP contribution in [0.2, 0.25) is 0 Å². The number of sulfonamides is 1. The first-order valence-corrected chi connectivity index (χ1v) is 10.7. The number of fused-ring (bicyclic) bond motifs is 1. The molecule has 0 aromatic heterocycles. The Hall–Kier alpha value is -3.13. The van der Waals surface area contributed by atoms with Crippen LogP contribution in [0.5, 0.6) is 0 Å². The van der Waals surface area contributed by atoms with Gasteiger partial charge in [0.25, 0.3) is 10.0 Å². The standard InChI is InChI=1S/C21H22N2O5S/c1-3-22(4-2)18(24)14-23-19(20(25)15-10-6-5-7-11-15)21(26)16-12-8-9-13-17(16)29(23,27)28/h5-13,25H,3-4,14H2,1-2H3/b20-19+. The maximum Gasteiger partial charge on any atom is 0.265 e. The Labute approximate surface area is 169 Å². The third-order valence-electron chi connectivity index (χ3n) is 4.83. The van der Waals surface area contributed by atoms with Crippen LogP contribution in [-0.4, -0.2) is 54.1 Å². The van der Waals surface area contributed by atoms with Gasteiger partial charge in [-0.3, -0.25) is 9.59 Å². The van der Waals surface area contributed by atoms with Crippen molar-refractivity contribution in [3.05, 3.63) is 71.4 Å². The van der Waals surface area contributed by atoms with E-state index in [1.165, 1.54) is 23.1 Å². The Balaban J connectivity index is 2.23. The van der Waals surface area contributed by atoms with E-state index in [-0.39, 0.29) is 16.0 Å². The number of benzene rings is 2. The average molecular weight is 414 g/mol. The van der Waals surface area contributed by atoms with Crippen molar-refractivity contribution >= 4 is 27.5 Å². The average Bonchev–Trinajstić information content (AvgIpc) is 2.73. The number of nitrogens with zero attached hydrogens (tertiary/aromatic N) is 2. The number of amides is 1. The maximum absolute atomic E-state index is 13.3. The molecule has 2 aromatic rings. The van der Waals surface area contributed by atoms with Gasteiger partial charge in [-0.15, -0.1) is 0 Å². The molecule has 1 aliphatic rings. The summed E-state index contributed by atoms with van der Waals surface area (Å²) in [5, 5.41) is 10.8. The lowest BCUT2D eigenvalue weighted by Gasteiger charge is -2.32. The van der Waals surface area contributed by atoms with E-state index in [0.29, 0.717) is 13.1 Å². The third-order valence-corrected chi connectivity index (χ3v) is 6.63. The highest BCUT2D eigenvalue weighted by Gasteiger charge is 2.42. The van der Waals surface area contributed by atoms with E-state index in [4.69, 9.17) is 0 Å². The SMILES string of the molecule is CCN(CC)C(=O)CN1/C(=C(/O)c2ccccc2)C(=O)c2ccccc2S1(=O)=O. The molecule has 0 radical (unpaired) electrons. The van der Waals surface area contributed by atoms with Crippen molar-refractivity contribution in [2.45, 2.75) is 18.7 Å². The summed E-state index contributed by atoms with van der Waals surface area (Å²) in [6.45, 7) is 3.79. The molecule has 0 saturated carbocycles. The maximum atomic E-state index is 13.3. The van der Waals surface area contributed by atoms with Crippen LogP contribution in [0.25, 0.3) is 5.76 Å². The lowest BCUT2D eigenvalue weighted by atomic mass is 10.0. The molecule has 152 valence electrons. The van der Waals surface area contributed by atoms with Crippen molar-refractivity contribution in [2.75, 3.05) is 19.6 Å². The van der Waals surface area contributed by atoms with Crippen molar-refractivity contribution in [2.24, 2.45) is 0 Å². The van der Waals surface area contributed by atoms with Gasteiger partial charge in [0.05, 0.1) is 4.90 Å². The number of likely N-dealkylation sites (N-methyl/N-ethyl adjacent to an activating group) is 1. The minimum absolute atomic E-state index is 0.0310. The summed E-state index contributed by atoms with van der Waals surface area (Å²) in [6, 6.07) is 14.0. The van der Waals surface area contributed by atoms with Gasteiger partial charge in [0.1, 0.15) is 12.2 Å². The fourth-order valence-corrected chi connectivity index (χ4v) is 4.90. The zero-order chi connectivity index (χ0) is 21.2. The molecule has 0 spiro atoms. The van der Waals surface area contributed by atoms with Crippen LogP contribution < -0.4 is 0 Å². The molecule has 1 heterocycles. The number of ketones is 1. The summed E-state index contributed by atoms with van der Waals surface area (Å²) >= 11 is 0. The Morgan fingerprint density at radius 1 is 1.00 bits per heavy atom. The molecule has 0 saturated heterocycles. The van der Waals surface area contributed by atoms with Crippen LogP contribution in [0.3, 0.4) is 0 Å². The van der Waals surface area contributed by atoms with Gasteiger partial charge in [0, 0.05) is 24.2 Å². The van der Waals surface area contributed by atoms with Gasteiger partial charge >= 0.3 is 0 Å². The molecule has 1 N–H and O–H groups in total. The zero-order valence-corrected chi connectivity index (χ0v) is 17.0. The van der Waals surface area contributed by atoms with E-state index in [9.17, 15) is 23.1 Å². The third kappa shape index (κ3) is 3.63. The van der Waals surface area contributed by atoms with Gasteiger partial charge in [-0.25, -0.2) is 12.7 Å². The molecule has 1 amide bonds. The zero-order valence-electron chi connectivity index (χ0n) is 16.2. The molecule has 1 aliphatic heterocycles. The highest BCUT2D eigenvalue weighted by atomic mass is 32.2. The second kappa shape index (κ2) is 8.08. The van der Waals surface area contributed by atoms with Crippen LogP contribution >= 0.6 is 0 Å². The second-order valence-electron chi connectivity index (χ2n) is 6.47. The summed E-state index contributed by atoms with van der Waals surface area (Å²) < 4.78 is 27.3. The van der Waals surface area contributed by atoms with Crippen molar-refractivity contribution in [3.63, 3.8) is 0 Å². The quantitative estimate of drug-likeness (QED) is 0.600. The van der Waals surface area contributed by atoms with E-state index in [1.54, 1.807) is 50.2 Å². The molecule has 8 heteroatoms. The number of carbonyl (C=O) groups excluding carboxylic acids is 2. The van der Waals surface area contributed by atoms with Gasteiger partial charge in [0.2, 0.25) is 11.7 Å². The summed E-state index contributed by atoms with van der Waals surface area (Å²) in [5.41, 5.74) is -0.169. The topological polar surface area (TPSA) is 95.0 Å². The number of allylic oxidation sites excluding steroid dienone is 1. The fraction of sp³-hybridized carbons (Fsp3) is 0.238. The fourth-order valence-electron chi connectivity index (χ4n) is 3.28. The Kier molecular flexibility index (Phi) is 5.74. The minimum atomic E-state index is -4.22. The molecule has 0 unspecified atom stereocenters. The van der Waals surface area contributed by atoms with Crippen molar-refractivity contribution in [3.8, 4) is 0 Å². The van der Waals surface area contributed by atoms with Crippen molar-refractivity contribution in [1.29, 1.82) is 0 Å².